The number of rotatable bonds is 3. The van der Waals surface area contributed by atoms with Crippen molar-refractivity contribution in [1.82, 2.24) is 19.8 Å². The number of carbonyl (C=O) groups excluding carboxylic acids is 2. The van der Waals surface area contributed by atoms with Crippen molar-refractivity contribution in [3.63, 3.8) is 0 Å². The molecule has 29 heavy (non-hydrogen) atoms. The molecule has 7 heteroatoms. The van der Waals surface area contributed by atoms with Crippen LogP contribution in [0.25, 0.3) is 0 Å². The summed E-state index contributed by atoms with van der Waals surface area (Å²) in [6.45, 7) is 1.71. The van der Waals surface area contributed by atoms with Crippen molar-refractivity contribution in [2.45, 2.75) is 43.7 Å². The number of aromatic nitrogens is 2. The number of benzene rings is 1. The van der Waals surface area contributed by atoms with Gasteiger partial charge in [0.1, 0.15) is 0 Å². The van der Waals surface area contributed by atoms with Crippen molar-refractivity contribution in [1.29, 1.82) is 0 Å². The van der Waals surface area contributed by atoms with E-state index in [2.05, 4.69) is 9.97 Å². The molecule has 1 spiro atoms. The Bertz CT molecular complexity index is 913. The molecule has 1 aromatic heterocycles. The number of aliphatic hydroxyl groups is 1. The Morgan fingerprint density at radius 2 is 1.86 bits per heavy atom. The van der Waals surface area contributed by atoms with Gasteiger partial charge in [-0.15, -0.1) is 0 Å². The smallest absolute Gasteiger partial charge is 0.256 e. The summed E-state index contributed by atoms with van der Waals surface area (Å²) in [5.74, 6) is 0.124. The van der Waals surface area contributed by atoms with Gasteiger partial charge in [0.15, 0.2) is 6.10 Å². The Morgan fingerprint density at radius 1 is 1.14 bits per heavy atom. The van der Waals surface area contributed by atoms with E-state index >= 15 is 0 Å². The molecule has 1 atom stereocenters. The number of aromatic amines is 1. The van der Waals surface area contributed by atoms with Crippen LogP contribution >= 0.6 is 0 Å². The SMILES string of the molecule is O=C([C@@H](O)c1ccccc1)N1CCC2(CC1)c1nc[nH]c1CCN2C(=O)C1CC1. The number of nitrogens with zero attached hydrogens (tertiary/aromatic N) is 3. The third-order valence-corrected chi connectivity index (χ3v) is 6.71. The zero-order valence-corrected chi connectivity index (χ0v) is 16.4. The summed E-state index contributed by atoms with van der Waals surface area (Å²) in [4.78, 5) is 37.5. The molecule has 1 aliphatic carbocycles. The molecule has 3 heterocycles. The fraction of sp³-hybridized carbons (Fsp3) is 0.500. The minimum Gasteiger partial charge on any atom is -0.378 e. The number of carbonyl (C=O) groups is 2. The molecule has 2 aliphatic heterocycles. The first-order valence-corrected chi connectivity index (χ1v) is 10.5. The van der Waals surface area contributed by atoms with Crippen molar-refractivity contribution in [3.8, 4) is 0 Å². The van der Waals surface area contributed by atoms with Crippen LogP contribution in [0, 0.1) is 5.92 Å². The molecule has 0 unspecified atom stereocenters. The Morgan fingerprint density at radius 3 is 2.55 bits per heavy atom. The summed E-state index contributed by atoms with van der Waals surface area (Å²) in [5, 5.41) is 10.5. The second kappa shape index (κ2) is 6.99. The first kappa shape index (κ1) is 18.4. The van der Waals surface area contributed by atoms with E-state index in [1.165, 1.54) is 0 Å². The number of aliphatic hydroxyl groups excluding tert-OH is 1. The monoisotopic (exact) mass is 394 g/mol. The fourth-order valence-corrected chi connectivity index (χ4v) is 4.90. The molecule has 2 fully saturated rings. The number of hydrogen-bond donors (Lipinski definition) is 2. The molecule has 1 aromatic carbocycles. The Labute approximate surface area is 169 Å². The van der Waals surface area contributed by atoms with Crippen molar-refractivity contribution in [2.75, 3.05) is 19.6 Å². The van der Waals surface area contributed by atoms with Crippen molar-refractivity contribution >= 4 is 11.8 Å². The largest absolute Gasteiger partial charge is 0.378 e. The van der Waals surface area contributed by atoms with Crippen LogP contribution in [-0.2, 0) is 21.5 Å². The van der Waals surface area contributed by atoms with E-state index in [0.717, 1.165) is 30.7 Å². The molecule has 152 valence electrons. The summed E-state index contributed by atoms with van der Waals surface area (Å²) in [7, 11) is 0. The Kier molecular flexibility index (Phi) is 4.42. The lowest BCUT2D eigenvalue weighted by atomic mass is 9.78. The average molecular weight is 394 g/mol. The number of nitrogens with one attached hydrogen (secondary N) is 1. The van der Waals surface area contributed by atoms with Gasteiger partial charge in [-0.1, -0.05) is 30.3 Å². The molecule has 7 nitrogen and oxygen atoms in total. The van der Waals surface area contributed by atoms with Crippen molar-refractivity contribution in [2.24, 2.45) is 5.92 Å². The first-order chi connectivity index (χ1) is 14.1. The molecule has 2 amide bonds. The highest BCUT2D eigenvalue weighted by Crippen LogP contribution is 2.45. The van der Waals surface area contributed by atoms with Gasteiger partial charge in [-0.2, -0.15) is 0 Å². The van der Waals surface area contributed by atoms with E-state index in [1.807, 2.05) is 23.1 Å². The first-order valence-electron chi connectivity index (χ1n) is 10.5. The van der Waals surface area contributed by atoms with Crippen LogP contribution in [0.4, 0.5) is 0 Å². The van der Waals surface area contributed by atoms with Crippen LogP contribution in [0.15, 0.2) is 36.7 Å². The van der Waals surface area contributed by atoms with Gasteiger partial charge >= 0.3 is 0 Å². The van der Waals surface area contributed by atoms with Crippen LogP contribution in [0.2, 0.25) is 0 Å². The second-order valence-corrected chi connectivity index (χ2v) is 8.41. The maximum atomic E-state index is 13.0. The van der Waals surface area contributed by atoms with Crippen molar-refractivity contribution in [3.05, 3.63) is 53.6 Å². The maximum absolute atomic E-state index is 13.0. The minimum atomic E-state index is -1.15. The lowest BCUT2D eigenvalue weighted by molar-refractivity contribution is -0.149. The highest BCUT2D eigenvalue weighted by atomic mass is 16.3. The predicted molar refractivity (Wildman–Crippen MR) is 106 cm³/mol. The number of piperidine rings is 1. The predicted octanol–water partition coefficient (Wildman–Crippen LogP) is 1.76. The summed E-state index contributed by atoms with van der Waals surface area (Å²) >= 11 is 0. The van der Waals surface area contributed by atoms with Crippen LogP contribution in [0.5, 0.6) is 0 Å². The van der Waals surface area contributed by atoms with E-state index in [4.69, 9.17) is 0 Å². The van der Waals surface area contributed by atoms with Crippen LogP contribution in [0.1, 0.15) is 48.7 Å². The zero-order chi connectivity index (χ0) is 20.0. The van der Waals surface area contributed by atoms with E-state index in [1.54, 1.807) is 23.4 Å². The van der Waals surface area contributed by atoms with Gasteiger partial charge in [0.05, 0.1) is 17.6 Å². The van der Waals surface area contributed by atoms with Crippen molar-refractivity contribution < 1.29 is 14.7 Å². The van der Waals surface area contributed by atoms with Gasteiger partial charge in [0.25, 0.3) is 5.91 Å². The third-order valence-electron chi connectivity index (χ3n) is 6.71. The number of H-pyrrole nitrogens is 1. The summed E-state index contributed by atoms with van der Waals surface area (Å²) in [6.07, 6.45) is 4.62. The quantitative estimate of drug-likeness (QED) is 0.830. The second-order valence-electron chi connectivity index (χ2n) is 8.41. The van der Waals surface area contributed by atoms with Crippen LogP contribution in [-0.4, -0.2) is 56.3 Å². The number of amides is 2. The van der Waals surface area contributed by atoms with Gasteiger partial charge in [0.2, 0.25) is 5.91 Å². The minimum absolute atomic E-state index is 0.159. The van der Waals surface area contributed by atoms with Gasteiger partial charge in [-0.25, -0.2) is 4.98 Å². The van der Waals surface area contributed by atoms with Crippen LogP contribution < -0.4 is 0 Å². The maximum Gasteiger partial charge on any atom is 0.256 e. The van der Waals surface area contributed by atoms with Gasteiger partial charge in [-0.05, 0) is 31.2 Å². The fourth-order valence-electron chi connectivity index (χ4n) is 4.90. The molecule has 3 aliphatic rings. The number of likely N-dealkylation sites (tertiary alicyclic amines) is 1. The Balaban J connectivity index is 1.37. The van der Waals surface area contributed by atoms with Gasteiger partial charge < -0.3 is 19.9 Å². The molecule has 5 rings (SSSR count). The van der Waals surface area contributed by atoms with E-state index in [9.17, 15) is 14.7 Å². The van der Waals surface area contributed by atoms with Gasteiger partial charge in [0, 0.05) is 37.7 Å². The standard InChI is InChI=1S/C22H26N4O3/c27-18(15-4-2-1-3-5-15)21(29)25-12-9-22(10-13-25)19-17(23-14-24-19)8-11-26(22)20(28)16-6-7-16/h1-5,14,16,18,27H,6-13H2,(H,23,24)/t18-/m0/s1. The van der Waals surface area contributed by atoms with Crippen LogP contribution in [0.3, 0.4) is 0 Å². The van der Waals surface area contributed by atoms with E-state index in [0.29, 0.717) is 38.0 Å². The third kappa shape index (κ3) is 3.04. The Hall–Kier alpha value is -2.67. The summed E-state index contributed by atoms with van der Waals surface area (Å²) in [6, 6.07) is 9.03. The van der Waals surface area contributed by atoms with E-state index < -0.39 is 11.6 Å². The zero-order valence-electron chi connectivity index (χ0n) is 16.4. The number of fused-ring (bicyclic) bond motifs is 2. The average Bonchev–Trinajstić information content (AvgIpc) is 3.50. The lowest BCUT2D eigenvalue weighted by Crippen LogP contribution is -2.59. The highest BCUT2D eigenvalue weighted by molar-refractivity contribution is 5.83. The summed E-state index contributed by atoms with van der Waals surface area (Å²) < 4.78 is 0. The van der Waals surface area contributed by atoms with E-state index in [-0.39, 0.29) is 17.7 Å². The molecular weight excluding hydrogens is 368 g/mol. The molecular formula is C22H26N4O3. The number of imidazole rings is 1. The topological polar surface area (TPSA) is 89.5 Å². The highest BCUT2D eigenvalue weighted by Gasteiger charge is 2.51. The molecule has 2 N–H and O–H groups in total. The molecule has 0 radical (unpaired) electrons. The normalized spacial score (nSPS) is 21.7. The molecule has 1 saturated carbocycles. The molecule has 0 bridgehead atoms. The summed E-state index contributed by atoms with van der Waals surface area (Å²) in [5.41, 5.74) is 2.24. The molecule has 2 aromatic rings. The molecule has 1 saturated heterocycles. The number of hydrogen-bond acceptors (Lipinski definition) is 4. The lowest BCUT2D eigenvalue weighted by Gasteiger charge is -2.50. The van der Waals surface area contributed by atoms with Gasteiger partial charge in [-0.3, -0.25) is 9.59 Å².